The first-order valence-electron chi connectivity index (χ1n) is 6.38. The molecular weight excluding hydrogens is 296 g/mol. The molecule has 1 amide bonds. The smallest absolute Gasteiger partial charge is 0.286 e. The monoisotopic (exact) mass is 308 g/mol. The number of hydrogen-bond donors (Lipinski definition) is 1. The van der Waals surface area contributed by atoms with Gasteiger partial charge in [-0.1, -0.05) is 23.5 Å². The van der Waals surface area contributed by atoms with Crippen LogP contribution >= 0.6 is 22.9 Å². The minimum Gasteiger partial charge on any atom is -0.370 e. The van der Waals surface area contributed by atoms with Gasteiger partial charge in [-0.3, -0.25) is 4.79 Å². The molecule has 0 unspecified atom stereocenters. The van der Waals surface area contributed by atoms with Crippen molar-refractivity contribution in [1.29, 1.82) is 0 Å². The van der Waals surface area contributed by atoms with Gasteiger partial charge in [-0.2, -0.15) is 0 Å². The number of anilines is 2. The zero-order valence-corrected chi connectivity index (χ0v) is 12.2. The van der Waals surface area contributed by atoms with Gasteiger partial charge >= 0.3 is 0 Å². The highest BCUT2D eigenvalue weighted by molar-refractivity contribution is 7.17. The Bertz CT molecular complexity index is 624. The average Bonchev–Trinajstić information content (AvgIpc) is 3.10. The fourth-order valence-electron chi connectivity index (χ4n) is 2.29. The molecule has 2 aromatic rings. The molecule has 7 heteroatoms. The Morgan fingerprint density at radius 2 is 2.00 bits per heavy atom. The van der Waals surface area contributed by atoms with E-state index in [1.54, 1.807) is 0 Å². The predicted molar refractivity (Wildman–Crippen MR) is 80.8 cm³/mol. The van der Waals surface area contributed by atoms with Gasteiger partial charge < -0.3 is 10.2 Å². The Balaban J connectivity index is 1.81. The lowest BCUT2D eigenvalue weighted by Gasteiger charge is -2.21. The summed E-state index contributed by atoms with van der Waals surface area (Å²) in [6.07, 6.45) is 2.38. The quantitative estimate of drug-likeness (QED) is 0.947. The molecule has 0 bridgehead atoms. The second-order valence-electron chi connectivity index (χ2n) is 4.53. The predicted octanol–water partition coefficient (Wildman–Crippen LogP) is 3.04. The summed E-state index contributed by atoms with van der Waals surface area (Å²) in [5.41, 5.74) is 1.85. The van der Waals surface area contributed by atoms with Gasteiger partial charge in [0.25, 0.3) is 5.91 Å². The second-order valence-corrected chi connectivity index (χ2v) is 6.09. The van der Waals surface area contributed by atoms with Gasteiger partial charge in [0.05, 0.1) is 11.4 Å². The van der Waals surface area contributed by atoms with Gasteiger partial charge in [-0.15, -0.1) is 10.2 Å². The topological polar surface area (TPSA) is 58.1 Å². The molecule has 104 valence electrons. The molecule has 0 radical (unpaired) electrons. The third kappa shape index (κ3) is 2.76. The molecule has 1 N–H and O–H groups in total. The minimum atomic E-state index is -0.277. The minimum absolute atomic E-state index is 0.267. The summed E-state index contributed by atoms with van der Waals surface area (Å²) in [6.45, 7) is 2.05. The van der Waals surface area contributed by atoms with E-state index in [4.69, 9.17) is 11.6 Å². The second kappa shape index (κ2) is 5.76. The van der Waals surface area contributed by atoms with Crippen LogP contribution in [0.25, 0.3) is 0 Å². The first-order valence-corrected chi connectivity index (χ1v) is 7.58. The van der Waals surface area contributed by atoms with E-state index in [2.05, 4.69) is 20.4 Å². The summed E-state index contributed by atoms with van der Waals surface area (Å²) < 4.78 is 0.267. The highest BCUT2D eigenvalue weighted by atomic mass is 35.5. The number of aromatic nitrogens is 2. The van der Waals surface area contributed by atoms with Crippen LogP contribution in [0.1, 0.15) is 22.6 Å². The first kappa shape index (κ1) is 13.3. The van der Waals surface area contributed by atoms with Crippen molar-refractivity contribution < 1.29 is 4.79 Å². The van der Waals surface area contributed by atoms with Crippen molar-refractivity contribution in [2.45, 2.75) is 12.8 Å². The zero-order chi connectivity index (χ0) is 13.9. The van der Waals surface area contributed by atoms with Crippen LogP contribution in [-0.4, -0.2) is 29.2 Å². The lowest BCUT2D eigenvalue weighted by molar-refractivity contribution is 0.102. The molecule has 1 aliphatic heterocycles. The van der Waals surface area contributed by atoms with Gasteiger partial charge in [0.1, 0.15) is 0 Å². The molecule has 0 atom stereocenters. The van der Waals surface area contributed by atoms with E-state index in [0.717, 1.165) is 35.8 Å². The molecule has 0 spiro atoms. The third-order valence-corrected chi connectivity index (χ3v) is 4.21. The number of para-hydroxylation sites is 2. The van der Waals surface area contributed by atoms with Crippen molar-refractivity contribution in [2.24, 2.45) is 0 Å². The van der Waals surface area contributed by atoms with Gasteiger partial charge in [0.2, 0.25) is 9.47 Å². The number of amides is 1. The molecule has 0 saturated carbocycles. The van der Waals surface area contributed by atoms with Gasteiger partial charge in [-0.25, -0.2) is 0 Å². The van der Waals surface area contributed by atoms with Crippen molar-refractivity contribution in [3.63, 3.8) is 0 Å². The number of carbonyl (C=O) groups is 1. The van der Waals surface area contributed by atoms with Crippen LogP contribution in [0.3, 0.4) is 0 Å². The Morgan fingerprint density at radius 3 is 2.70 bits per heavy atom. The molecule has 0 aliphatic carbocycles. The molecule has 20 heavy (non-hydrogen) atoms. The Labute approximate surface area is 125 Å². The fraction of sp³-hybridized carbons (Fsp3) is 0.308. The van der Waals surface area contributed by atoms with Crippen molar-refractivity contribution in [1.82, 2.24) is 10.2 Å². The molecule has 5 nitrogen and oxygen atoms in total. The van der Waals surface area contributed by atoms with Crippen molar-refractivity contribution in [3.8, 4) is 0 Å². The first-order chi connectivity index (χ1) is 9.74. The van der Waals surface area contributed by atoms with E-state index in [1.165, 1.54) is 12.8 Å². The molecule has 1 aromatic carbocycles. The number of nitrogens with one attached hydrogen (secondary N) is 1. The number of benzene rings is 1. The molecule has 1 aliphatic rings. The molecule has 1 fully saturated rings. The number of hydrogen-bond acceptors (Lipinski definition) is 5. The van der Waals surface area contributed by atoms with Crippen molar-refractivity contribution >= 4 is 40.2 Å². The maximum Gasteiger partial charge on any atom is 0.286 e. The van der Waals surface area contributed by atoms with Crippen LogP contribution in [0.2, 0.25) is 4.47 Å². The van der Waals surface area contributed by atoms with E-state index in [-0.39, 0.29) is 15.4 Å². The molecule has 3 rings (SSSR count). The van der Waals surface area contributed by atoms with Crippen LogP contribution in [0.4, 0.5) is 11.4 Å². The molecule has 2 heterocycles. The maximum atomic E-state index is 12.1. The van der Waals surface area contributed by atoms with Crippen LogP contribution < -0.4 is 10.2 Å². The van der Waals surface area contributed by atoms with Gasteiger partial charge in [-0.05, 0) is 36.6 Å². The molecular formula is C13H13ClN4OS. The summed E-state index contributed by atoms with van der Waals surface area (Å²) in [5, 5.41) is 10.5. The van der Waals surface area contributed by atoms with Crippen LogP contribution in [-0.2, 0) is 0 Å². The number of rotatable bonds is 3. The maximum absolute atomic E-state index is 12.1. The van der Waals surface area contributed by atoms with Gasteiger partial charge in [0, 0.05) is 13.1 Å². The lowest BCUT2D eigenvalue weighted by Crippen LogP contribution is -2.21. The fourth-order valence-corrected chi connectivity index (χ4v) is 3.01. The number of halogens is 1. The number of carbonyl (C=O) groups excluding carboxylic acids is 1. The van der Waals surface area contributed by atoms with Gasteiger partial charge in [0.15, 0.2) is 0 Å². The lowest BCUT2D eigenvalue weighted by atomic mass is 10.2. The molecule has 1 aromatic heterocycles. The normalized spacial score (nSPS) is 14.6. The van der Waals surface area contributed by atoms with Crippen LogP contribution in [0.5, 0.6) is 0 Å². The SMILES string of the molecule is O=C(Nc1ccccc1N1CCCC1)c1nnc(Cl)s1. The Kier molecular flexibility index (Phi) is 3.84. The van der Waals surface area contributed by atoms with Crippen LogP contribution in [0, 0.1) is 0 Å². The Morgan fingerprint density at radius 1 is 1.25 bits per heavy atom. The third-order valence-electron chi connectivity index (χ3n) is 3.19. The zero-order valence-electron chi connectivity index (χ0n) is 10.7. The summed E-state index contributed by atoms with van der Waals surface area (Å²) in [5.74, 6) is -0.277. The molecule has 1 saturated heterocycles. The van der Waals surface area contributed by atoms with Crippen LogP contribution in [0.15, 0.2) is 24.3 Å². The summed E-state index contributed by atoms with van der Waals surface area (Å²) in [4.78, 5) is 14.4. The summed E-state index contributed by atoms with van der Waals surface area (Å²) >= 11 is 6.77. The summed E-state index contributed by atoms with van der Waals surface area (Å²) in [6, 6.07) is 7.80. The van der Waals surface area contributed by atoms with E-state index in [9.17, 15) is 4.79 Å². The van der Waals surface area contributed by atoms with E-state index >= 15 is 0 Å². The van der Waals surface area contributed by atoms with E-state index in [0.29, 0.717) is 0 Å². The largest absolute Gasteiger partial charge is 0.370 e. The summed E-state index contributed by atoms with van der Waals surface area (Å²) in [7, 11) is 0. The van der Waals surface area contributed by atoms with Crippen molar-refractivity contribution in [2.75, 3.05) is 23.3 Å². The van der Waals surface area contributed by atoms with Crippen molar-refractivity contribution in [3.05, 3.63) is 33.7 Å². The highest BCUT2D eigenvalue weighted by Gasteiger charge is 2.18. The standard InChI is InChI=1S/C13H13ClN4OS/c14-13-17-16-12(20-13)11(19)15-9-5-1-2-6-10(9)18-7-3-4-8-18/h1-2,5-6H,3-4,7-8H2,(H,15,19). The van der Waals surface area contributed by atoms with E-state index < -0.39 is 0 Å². The highest BCUT2D eigenvalue weighted by Crippen LogP contribution is 2.29. The Hall–Kier alpha value is -1.66. The average molecular weight is 309 g/mol. The van der Waals surface area contributed by atoms with E-state index in [1.807, 2.05) is 24.3 Å². The number of nitrogens with zero attached hydrogens (tertiary/aromatic N) is 3.